The molecule has 0 bridgehead atoms. The van der Waals surface area contributed by atoms with E-state index in [2.05, 4.69) is 5.10 Å². The van der Waals surface area contributed by atoms with E-state index >= 15 is 0 Å². The van der Waals surface area contributed by atoms with Crippen LogP contribution >= 0.6 is 0 Å². The number of aliphatic hydroxyl groups excluding tert-OH is 1. The van der Waals surface area contributed by atoms with E-state index in [1.807, 2.05) is 11.8 Å². The Hall–Kier alpha value is -3.01. The number of rotatable bonds is 6. The number of halogens is 2. The minimum Gasteiger partial charge on any atom is -0.490 e. The largest absolute Gasteiger partial charge is 0.490 e. The molecule has 0 unspecified atom stereocenters. The van der Waals surface area contributed by atoms with Crippen LogP contribution in [0.15, 0.2) is 18.2 Å². The number of hydrogen-bond acceptors (Lipinski definition) is 5. The van der Waals surface area contributed by atoms with E-state index in [9.17, 15) is 23.5 Å². The summed E-state index contributed by atoms with van der Waals surface area (Å²) in [6.45, 7) is 2.96. The van der Waals surface area contributed by atoms with Crippen LogP contribution in [0, 0.1) is 12.7 Å². The fourth-order valence-corrected chi connectivity index (χ4v) is 5.77. The first-order valence-electron chi connectivity index (χ1n) is 13.6. The van der Waals surface area contributed by atoms with Crippen molar-refractivity contribution in [3.63, 3.8) is 0 Å². The molecule has 2 fully saturated rings. The molecule has 2 aliphatic heterocycles. The molecule has 0 atom stereocenters. The second kappa shape index (κ2) is 11.0. The number of piperidine rings is 2. The van der Waals surface area contributed by atoms with Crippen LogP contribution in [0.4, 0.5) is 8.78 Å². The van der Waals surface area contributed by atoms with Crippen LogP contribution < -0.4 is 4.74 Å². The van der Waals surface area contributed by atoms with E-state index in [4.69, 9.17) is 4.74 Å². The van der Waals surface area contributed by atoms with Gasteiger partial charge in [-0.2, -0.15) is 5.10 Å². The molecule has 0 spiro atoms. The molecule has 38 heavy (non-hydrogen) atoms. The third-order valence-electron chi connectivity index (χ3n) is 8.20. The Morgan fingerprint density at radius 1 is 1.11 bits per heavy atom. The van der Waals surface area contributed by atoms with Gasteiger partial charge < -0.3 is 19.6 Å². The lowest BCUT2D eigenvalue weighted by molar-refractivity contribution is -0.133. The van der Waals surface area contributed by atoms with Crippen molar-refractivity contribution in [1.82, 2.24) is 19.6 Å². The number of ether oxygens (including phenoxy) is 1. The highest BCUT2D eigenvalue weighted by Crippen LogP contribution is 2.30. The van der Waals surface area contributed by atoms with Gasteiger partial charge in [-0.1, -0.05) is 0 Å². The molecule has 8 nitrogen and oxygen atoms in total. The summed E-state index contributed by atoms with van der Waals surface area (Å²) in [5.41, 5.74) is 1.36. The second-order valence-corrected chi connectivity index (χ2v) is 10.8. The Balaban J connectivity index is 1.22. The van der Waals surface area contributed by atoms with Gasteiger partial charge in [0.25, 0.3) is 5.91 Å². The standard InChI is InChI=1S/C28H36F2N4O4/c1-19-16-20(29)6-7-24(19)38-21-8-12-32(13-9-21)25(36)17-34-23-5-3-2-4-22(23)26(31-34)27(37)33-14-10-28(30,18-35)11-15-33/h6-7,16,21,35H,2-5,8-15,17-18H2,1H3. The minimum atomic E-state index is -1.63. The summed E-state index contributed by atoms with van der Waals surface area (Å²) >= 11 is 0. The Bertz CT molecular complexity index is 1180. The fourth-order valence-electron chi connectivity index (χ4n) is 5.77. The molecule has 2 saturated heterocycles. The van der Waals surface area contributed by atoms with Gasteiger partial charge in [0.2, 0.25) is 5.91 Å². The number of carbonyl (C=O) groups excluding carboxylic acids is 2. The van der Waals surface area contributed by atoms with Crippen molar-refractivity contribution in [2.24, 2.45) is 0 Å². The summed E-state index contributed by atoms with van der Waals surface area (Å²) in [5.74, 6) is 0.113. The number of amides is 2. The van der Waals surface area contributed by atoms with E-state index in [0.29, 0.717) is 37.4 Å². The molecule has 2 amide bonds. The molecule has 1 aliphatic carbocycles. The second-order valence-electron chi connectivity index (χ2n) is 10.8. The molecule has 5 rings (SSSR count). The zero-order chi connectivity index (χ0) is 26.9. The molecule has 3 heterocycles. The smallest absolute Gasteiger partial charge is 0.274 e. The van der Waals surface area contributed by atoms with E-state index < -0.39 is 12.3 Å². The lowest BCUT2D eigenvalue weighted by Gasteiger charge is -2.35. The zero-order valence-electron chi connectivity index (χ0n) is 21.9. The molecule has 1 N–H and O–H groups in total. The first-order valence-corrected chi connectivity index (χ1v) is 13.6. The predicted molar refractivity (Wildman–Crippen MR) is 136 cm³/mol. The van der Waals surface area contributed by atoms with Crippen LogP contribution in [-0.4, -0.2) is 81.1 Å². The van der Waals surface area contributed by atoms with Crippen LogP contribution in [-0.2, 0) is 24.2 Å². The number of carbonyl (C=O) groups is 2. The van der Waals surface area contributed by atoms with Crippen molar-refractivity contribution in [2.45, 2.75) is 76.6 Å². The summed E-state index contributed by atoms with van der Waals surface area (Å²) in [6.07, 6.45) is 5.01. The molecule has 3 aliphatic rings. The predicted octanol–water partition coefficient (Wildman–Crippen LogP) is 3.22. The number of hydrogen-bond donors (Lipinski definition) is 1. The lowest BCUT2D eigenvalue weighted by Crippen LogP contribution is -2.46. The quantitative estimate of drug-likeness (QED) is 0.620. The van der Waals surface area contributed by atoms with Gasteiger partial charge in [-0.05, 0) is 56.4 Å². The maximum atomic E-state index is 14.4. The van der Waals surface area contributed by atoms with Crippen LogP contribution in [0.2, 0.25) is 0 Å². The lowest BCUT2D eigenvalue weighted by atomic mass is 9.93. The number of likely N-dealkylation sites (tertiary alicyclic amines) is 2. The first-order chi connectivity index (χ1) is 18.3. The maximum Gasteiger partial charge on any atom is 0.274 e. The first kappa shape index (κ1) is 26.6. The van der Waals surface area contributed by atoms with Gasteiger partial charge in [-0.3, -0.25) is 14.3 Å². The van der Waals surface area contributed by atoms with Gasteiger partial charge in [-0.25, -0.2) is 8.78 Å². The van der Waals surface area contributed by atoms with E-state index in [1.54, 1.807) is 15.6 Å². The van der Waals surface area contributed by atoms with Crippen LogP contribution in [0.1, 0.15) is 65.8 Å². The molecule has 1 aromatic heterocycles. The highest BCUT2D eigenvalue weighted by Gasteiger charge is 2.37. The zero-order valence-corrected chi connectivity index (χ0v) is 21.9. The third-order valence-corrected chi connectivity index (χ3v) is 8.20. The average molecular weight is 531 g/mol. The molecule has 0 radical (unpaired) electrons. The molecule has 0 saturated carbocycles. The Labute approximate surface area is 221 Å². The Morgan fingerprint density at radius 3 is 2.50 bits per heavy atom. The van der Waals surface area contributed by atoms with Gasteiger partial charge in [0.15, 0.2) is 5.69 Å². The number of fused-ring (bicyclic) bond motifs is 1. The van der Waals surface area contributed by atoms with Crippen LogP contribution in [0.25, 0.3) is 0 Å². The molecular weight excluding hydrogens is 494 g/mol. The van der Waals surface area contributed by atoms with Crippen molar-refractivity contribution in [3.8, 4) is 5.75 Å². The SMILES string of the molecule is Cc1cc(F)ccc1OC1CCN(C(=O)Cn2nc(C(=O)N3CCC(F)(CO)CC3)c3c2CCCC3)CC1. The number of aliphatic hydroxyl groups is 1. The highest BCUT2D eigenvalue weighted by molar-refractivity contribution is 5.94. The third kappa shape index (κ3) is 5.55. The highest BCUT2D eigenvalue weighted by atomic mass is 19.1. The van der Waals surface area contributed by atoms with Crippen molar-refractivity contribution < 1.29 is 28.2 Å². The van der Waals surface area contributed by atoms with Crippen molar-refractivity contribution in [2.75, 3.05) is 32.8 Å². The molecule has 1 aromatic carbocycles. The number of nitrogens with zero attached hydrogens (tertiary/aromatic N) is 4. The van der Waals surface area contributed by atoms with E-state index in [-0.39, 0.29) is 56.2 Å². The monoisotopic (exact) mass is 530 g/mol. The van der Waals surface area contributed by atoms with E-state index in [0.717, 1.165) is 42.5 Å². The normalized spacial score (nSPS) is 19.8. The molecular formula is C28H36F2N4O4. The van der Waals surface area contributed by atoms with Gasteiger partial charge in [0.1, 0.15) is 29.9 Å². The molecule has 10 heteroatoms. The average Bonchev–Trinajstić information content (AvgIpc) is 3.29. The van der Waals surface area contributed by atoms with Gasteiger partial charge in [0.05, 0.1) is 6.61 Å². The van der Waals surface area contributed by atoms with E-state index in [1.165, 1.54) is 12.1 Å². The summed E-state index contributed by atoms with van der Waals surface area (Å²) in [5, 5.41) is 13.9. The van der Waals surface area contributed by atoms with Gasteiger partial charge in [0, 0.05) is 63.1 Å². The minimum absolute atomic E-state index is 0.0386. The maximum absolute atomic E-state index is 14.4. The van der Waals surface area contributed by atoms with Gasteiger partial charge >= 0.3 is 0 Å². The van der Waals surface area contributed by atoms with Crippen molar-refractivity contribution in [1.29, 1.82) is 0 Å². The van der Waals surface area contributed by atoms with Crippen molar-refractivity contribution >= 4 is 11.8 Å². The van der Waals surface area contributed by atoms with Crippen LogP contribution in [0.3, 0.4) is 0 Å². The number of alkyl halides is 1. The van der Waals surface area contributed by atoms with Gasteiger partial charge in [-0.15, -0.1) is 0 Å². The summed E-state index contributed by atoms with van der Waals surface area (Å²) < 4.78 is 35.6. The topological polar surface area (TPSA) is 87.9 Å². The summed E-state index contributed by atoms with van der Waals surface area (Å²) in [6, 6.07) is 4.48. The number of benzene rings is 1. The fraction of sp³-hybridized carbons (Fsp3) is 0.607. The van der Waals surface area contributed by atoms with Crippen molar-refractivity contribution in [3.05, 3.63) is 46.5 Å². The number of aryl methyl sites for hydroxylation is 1. The molecule has 2 aromatic rings. The summed E-state index contributed by atoms with van der Waals surface area (Å²) in [4.78, 5) is 30.0. The van der Waals surface area contributed by atoms with Crippen LogP contribution in [0.5, 0.6) is 5.75 Å². The number of aromatic nitrogens is 2. The Morgan fingerprint density at radius 2 is 1.82 bits per heavy atom. The summed E-state index contributed by atoms with van der Waals surface area (Å²) in [7, 11) is 0. The molecule has 206 valence electrons. The Kier molecular flexibility index (Phi) is 7.70.